The minimum absolute atomic E-state index is 0.0167. The Morgan fingerprint density at radius 3 is 2.80 bits per heavy atom. The molecule has 1 aliphatic rings. The lowest BCUT2D eigenvalue weighted by Crippen LogP contribution is -2.18. The van der Waals surface area contributed by atoms with Gasteiger partial charge in [0.15, 0.2) is 0 Å². The molecular weight excluding hydrogens is 322 g/mol. The average Bonchev–Trinajstić information content (AvgIpc) is 3.09. The molecular formula is C19H19NO5. The van der Waals surface area contributed by atoms with Gasteiger partial charge in [0.25, 0.3) is 5.91 Å². The molecule has 1 fully saturated rings. The lowest BCUT2D eigenvalue weighted by atomic mass is 10.1. The van der Waals surface area contributed by atoms with Crippen molar-refractivity contribution in [1.82, 2.24) is 0 Å². The maximum Gasteiger partial charge on any atom is 0.307 e. The molecule has 6 heteroatoms. The summed E-state index contributed by atoms with van der Waals surface area (Å²) in [6, 6.07) is 13.8. The predicted octanol–water partition coefficient (Wildman–Crippen LogP) is 2.73. The standard InChI is InChI=1S/C19H19NO5/c21-18(22)11-13-4-3-5-14(10-13)19(23)20-16-6-1-2-7-17(16)25-15-8-9-24-12-15/h1-7,10,15H,8-9,11-12H2,(H,20,23)(H,21,22). The number of carbonyl (C=O) groups is 2. The number of carboxylic acid groups (broad SMARTS) is 1. The molecule has 2 N–H and O–H groups in total. The lowest BCUT2D eigenvalue weighted by molar-refractivity contribution is -0.136. The summed E-state index contributed by atoms with van der Waals surface area (Å²) in [6.07, 6.45) is 0.680. The summed E-state index contributed by atoms with van der Waals surface area (Å²) < 4.78 is 11.2. The third kappa shape index (κ3) is 4.58. The second-order valence-corrected chi connectivity index (χ2v) is 5.82. The summed E-state index contributed by atoms with van der Waals surface area (Å²) in [7, 11) is 0. The molecule has 1 atom stereocenters. The smallest absolute Gasteiger partial charge is 0.307 e. The predicted molar refractivity (Wildman–Crippen MR) is 92.0 cm³/mol. The molecule has 0 bridgehead atoms. The molecule has 1 unspecified atom stereocenters. The fraction of sp³-hybridized carbons (Fsp3) is 0.263. The number of amides is 1. The number of hydrogen-bond acceptors (Lipinski definition) is 4. The fourth-order valence-corrected chi connectivity index (χ4v) is 2.65. The van der Waals surface area contributed by atoms with Crippen LogP contribution in [0.2, 0.25) is 0 Å². The number of para-hydroxylation sites is 2. The van der Waals surface area contributed by atoms with Crippen LogP contribution in [0.15, 0.2) is 48.5 Å². The van der Waals surface area contributed by atoms with Crippen molar-refractivity contribution in [2.75, 3.05) is 18.5 Å². The fourth-order valence-electron chi connectivity index (χ4n) is 2.65. The Hall–Kier alpha value is -2.86. The van der Waals surface area contributed by atoms with Crippen molar-refractivity contribution in [2.45, 2.75) is 18.9 Å². The topological polar surface area (TPSA) is 84.9 Å². The van der Waals surface area contributed by atoms with Crippen LogP contribution in [0.4, 0.5) is 5.69 Å². The third-order valence-corrected chi connectivity index (χ3v) is 3.86. The van der Waals surface area contributed by atoms with E-state index < -0.39 is 5.97 Å². The molecule has 0 aliphatic carbocycles. The van der Waals surface area contributed by atoms with Crippen molar-refractivity contribution in [3.63, 3.8) is 0 Å². The summed E-state index contributed by atoms with van der Waals surface area (Å²) in [5.74, 6) is -0.658. The number of carbonyl (C=O) groups excluding carboxylic acids is 1. The number of hydrogen-bond donors (Lipinski definition) is 2. The molecule has 0 saturated carbocycles. The van der Waals surface area contributed by atoms with Crippen molar-refractivity contribution in [2.24, 2.45) is 0 Å². The second-order valence-electron chi connectivity index (χ2n) is 5.82. The van der Waals surface area contributed by atoms with Crippen molar-refractivity contribution >= 4 is 17.6 Å². The zero-order chi connectivity index (χ0) is 17.6. The maximum absolute atomic E-state index is 12.5. The summed E-state index contributed by atoms with van der Waals surface area (Å²) in [5.41, 5.74) is 1.55. The molecule has 130 valence electrons. The van der Waals surface area contributed by atoms with Crippen molar-refractivity contribution in [3.05, 3.63) is 59.7 Å². The molecule has 1 heterocycles. The van der Waals surface area contributed by atoms with Gasteiger partial charge in [-0.05, 0) is 29.8 Å². The third-order valence-electron chi connectivity index (χ3n) is 3.86. The first-order chi connectivity index (χ1) is 12.1. The van der Waals surface area contributed by atoms with E-state index in [1.54, 1.807) is 36.4 Å². The SMILES string of the molecule is O=C(O)Cc1cccc(C(=O)Nc2ccccc2OC2CCOC2)c1. The molecule has 0 radical (unpaired) electrons. The van der Waals surface area contributed by atoms with Crippen LogP contribution in [-0.4, -0.2) is 36.3 Å². The summed E-state index contributed by atoms with van der Waals surface area (Å²) in [5, 5.41) is 11.7. The highest BCUT2D eigenvalue weighted by molar-refractivity contribution is 6.05. The minimum atomic E-state index is -0.935. The first kappa shape index (κ1) is 17.0. The van der Waals surface area contributed by atoms with Crippen molar-refractivity contribution < 1.29 is 24.2 Å². The first-order valence-corrected chi connectivity index (χ1v) is 8.07. The Balaban J connectivity index is 1.73. The van der Waals surface area contributed by atoms with E-state index in [4.69, 9.17) is 14.6 Å². The number of rotatable bonds is 6. The van der Waals surface area contributed by atoms with Gasteiger partial charge in [-0.25, -0.2) is 0 Å². The number of benzene rings is 2. The van der Waals surface area contributed by atoms with Gasteiger partial charge in [-0.2, -0.15) is 0 Å². The van der Waals surface area contributed by atoms with Gasteiger partial charge in [-0.3, -0.25) is 9.59 Å². The van der Waals surface area contributed by atoms with E-state index in [1.807, 2.05) is 12.1 Å². The van der Waals surface area contributed by atoms with Gasteiger partial charge in [0.2, 0.25) is 0 Å². The number of ether oxygens (including phenoxy) is 2. The Kier molecular flexibility index (Phi) is 5.30. The highest BCUT2D eigenvalue weighted by Gasteiger charge is 2.19. The van der Waals surface area contributed by atoms with Crippen LogP contribution in [0.1, 0.15) is 22.3 Å². The van der Waals surface area contributed by atoms with Gasteiger partial charge >= 0.3 is 5.97 Å². The maximum atomic E-state index is 12.5. The Labute approximate surface area is 145 Å². The van der Waals surface area contributed by atoms with Gasteiger partial charge in [0.05, 0.1) is 25.3 Å². The molecule has 3 rings (SSSR count). The van der Waals surface area contributed by atoms with E-state index in [9.17, 15) is 9.59 Å². The second kappa shape index (κ2) is 7.81. The van der Waals surface area contributed by atoms with E-state index in [0.29, 0.717) is 35.8 Å². The minimum Gasteiger partial charge on any atom is -0.486 e. The molecule has 0 spiro atoms. The normalized spacial score (nSPS) is 16.4. The average molecular weight is 341 g/mol. The highest BCUT2D eigenvalue weighted by atomic mass is 16.5. The number of nitrogens with one attached hydrogen (secondary N) is 1. The Bertz CT molecular complexity index is 768. The summed E-state index contributed by atoms with van der Waals surface area (Å²) >= 11 is 0. The molecule has 2 aromatic rings. The summed E-state index contributed by atoms with van der Waals surface area (Å²) in [4.78, 5) is 23.3. The molecule has 1 amide bonds. The Morgan fingerprint density at radius 1 is 1.20 bits per heavy atom. The van der Waals surface area contributed by atoms with Crippen molar-refractivity contribution in [3.8, 4) is 5.75 Å². The molecule has 6 nitrogen and oxygen atoms in total. The van der Waals surface area contributed by atoms with Gasteiger partial charge < -0.3 is 19.9 Å². The van der Waals surface area contributed by atoms with Crippen LogP contribution in [0.3, 0.4) is 0 Å². The molecule has 0 aromatic heterocycles. The molecule has 25 heavy (non-hydrogen) atoms. The zero-order valence-corrected chi connectivity index (χ0v) is 13.6. The van der Waals surface area contributed by atoms with Crippen LogP contribution in [-0.2, 0) is 16.0 Å². The monoisotopic (exact) mass is 341 g/mol. The lowest BCUT2D eigenvalue weighted by Gasteiger charge is -2.16. The van der Waals surface area contributed by atoms with E-state index in [1.165, 1.54) is 0 Å². The Morgan fingerprint density at radius 2 is 2.04 bits per heavy atom. The van der Waals surface area contributed by atoms with E-state index in [-0.39, 0.29) is 18.4 Å². The molecule has 1 saturated heterocycles. The number of carboxylic acids is 1. The van der Waals surface area contributed by atoms with Crippen LogP contribution >= 0.6 is 0 Å². The van der Waals surface area contributed by atoms with E-state index in [2.05, 4.69) is 5.32 Å². The van der Waals surface area contributed by atoms with Crippen molar-refractivity contribution in [1.29, 1.82) is 0 Å². The van der Waals surface area contributed by atoms with Gasteiger partial charge in [0, 0.05) is 12.0 Å². The van der Waals surface area contributed by atoms with Gasteiger partial charge in [0.1, 0.15) is 11.9 Å². The van der Waals surface area contributed by atoms with Gasteiger partial charge in [-0.15, -0.1) is 0 Å². The number of anilines is 1. The van der Waals surface area contributed by atoms with Crippen LogP contribution in [0.5, 0.6) is 5.75 Å². The quantitative estimate of drug-likeness (QED) is 0.844. The van der Waals surface area contributed by atoms with E-state index in [0.717, 1.165) is 6.42 Å². The first-order valence-electron chi connectivity index (χ1n) is 8.07. The largest absolute Gasteiger partial charge is 0.486 e. The highest BCUT2D eigenvalue weighted by Crippen LogP contribution is 2.27. The van der Waals surface area contributed by atoms with Crippen LogP contribution in [0, 0.1) is 0 Å². The molecule has 2 aromatic carbocycles. The number of aliphatic carboxylic acids is 1. The van der Waals surface area contributed by atoms with Crippen LogP contribution in [0.25, 0.3) is 0 Å². The van der Waals surface area contributed by atoms with E-state index >= 15 is 0 Å². The van der Waals surface area contributed by atoms with Crippen LogP contribution < -0.4 is 10.1 Å². The summed E-state index contributed by atoms with van der Waals surface area (Å²) in [6.45, 7) is 1.22. The molecule has 1 aliphatic heterocycles. The van der Waals surface area contributed by atoms with Gasteiger partial charge in [-0.1, -0.05) is 24.3 Å². The zero-order valence-electron chi connectivity index (χ0n) is 13.6.